The first-order valence-electron chi connectivity index (χ1n) is 10.9. The molecule has 0 aliphatic rings. The van der Waals surface area contributed by atoms with Crippen molar-refractivity contribution in [2.75, 3.05) is 11.8 Å². The van der Waals surface area contributed by atoms with Crippen LogP contribution in [0.15, 0.2) is 93.4 Å². The van der Waals surface area contributed by atoms with E-state index in [1.807, 2.05) is 0 Å². The Bertz CT molecular complexity index is 1820. The molecule has 0 atom stereocenters. The van der Waals surface area contributed by atoms with E-state index in [2.05, 4.69) is 19.4 Å². The van der Waals surface area contributed by atoms with Crippen LogP contribution < -0.4 is 15.0 Å². The number of pyridine rings is 1. The first kappa shape index (κ1) is 25.0. The van der Waals surface area contributed by atoms with E-state index in [0.717, 1.165) is 18.5 Å². The molecule has 0 bridgehead atoms. The first-order chi connectivity index (χ1) is 18.1. The van der Waals surface area contributed by atoms with E-state index in [1.54, 1.807) is 18.2 Å². The Kier molecular flexibility index (Phi) is 6.15. The molecule has 0 aliphatic heterocycles. The smallest absolute Gasteiger partial charge is 0.416 e. The van der Waals surface area contributed by atoms with Crippen molar-refractivity contribution >= 4 is 26.9 Å². The van der Waals surface area contributed by atoms with Crippen molar-refractivity contribution in [2.45, 2.75) is 11.1 Å². The molecule has 0 aliphatic carbocycles. The molecule has 5 rings (SSSR count). The molecule has 0 unspecified atom stereocenters. The molecule has 13 heteroatoms. The van der Waals surface area contributed by atoms with Gasteiger partial charge in [0.1, 0.15) is 5.75 Å². The van der Waals surface area contributed by atoms with Crippen LogP contribution in [0.25, 0.3) is 27.7 Å². The molecule has 0 saturated heterocycles. The van der Waals surface area contributed by atoms with E-state index in [4.69, 9.17) is 4.74 Å². The highest BCUT2D eigenvalue weighted by molar-refractivity contribution is 7.92. The average Bonchev–Trinajstić information content (AvgIpc) is 3.40. The summed E-state index contributed by atoms with van der Waals surface area (Å²) >= 11 is 0. The summed E-state index contributed by atoms with van der Waals surface area (Å²) in [4.78, 5) is 16.5. The van der Waals surface area contributed by atoms with Crippen molar-refractivity contribution in [1.29, 1.82) is 0 Å². The number of nitrogens with one attached hydrogen (secondary N) is 1. The average molecular weight is 542 g/mol. The molecule has 2 heterocycles. The number of halogens is 3. The molecular weight excluding hydrogens is 525 g/mol. The van der Waals surface area contributed by atoms with Gasteiger partial charge in [-0.15, -0.1) is 0 Å². The number of benzene rings is 3. The third-order valence-electron chi connectivity index (χ3n) is 5.71. The van der Waals surface area contributed by atoms with Gasteiger partial charge in [0.25, 0.3) is 21.5 Å². The Morgan fingerprint density at radius 1 is 0.974 bits per heavy atom. The van der Waals surface area contributed by atoms with Crippen LogP contribution in [-0.2, 0) is 16.2 Å². The molecule has 9 nitrogen and oxygen atoms in total. The molecule has 0 spiro atoms. The Balaban J connectivity index is 1.59. The number of nitrogens with zero attached hydrogens (tertiary/aromatic N) is 3. The SMILES string of the molecule is COc1cc(-c2cccc(C(F)(F)F)c2)ccc1-n1c(=O)ccc2cc(S(=O)(=O)Nc3ncon3)ccc21. The molecule has 2 aromatic heterocycles. The normalized spacial score (nSPS) is 12.0. The quantitative estimate of drug-likeness (QED) is 0.325. The predicted molar refractivity (Wildman–Crippen MR) is 132 cm³/mol. The lowest BCUT2D eigenvalue weighted by molar-refractivity contribution is -0.137. The second-order valence-corrected chi connectivity index (χ2v) is 9.74. The molecule has 194 valence electrons. The van der Waals surface area contributed by atoms with E-state index in [-0.39, 0.29) is 16.6 Å². The fraction of sp³-hybridized carbons (Fsp3) is 0.0800. The molecule has 5 aromatic rings. The summed E-state index contributed by atoms with van der Waals surface area (Å²) in [6.45, 7) is 0. The van der Waals surface area contributed by atoms with Crippen LogP contribution in [-0.4, -0.2) is 30.2 Å². The summed E-state index contributed by atoms with van der Waals surface area (Å²) in [5, 5.41) is 3.85. The fourth-order valence-corrected chi connectivity index (χ4v) is 4.93. The Labute approximate surface area is 213 Å². The zero-order valence-corrected chi connectivity index (χ0v) is 20.2. The van der Waals surface area contributed by atoms with E-state index in [9.17, 15) is 26.4 Å². The zero-order valence-electron chi connectivity index (χ0n) is 19.4. The van der Waals surface area contributed by atoms with Crippen molar-refractivity contribution in [3.05, 3.63) is 95.1 Å². The second-order valence-electron chi connectivity index (χ2n) is 8.05. The number of anilines is 1. The van der Waals surface area contributed by atoms with Gasteiger partial charge in [0, 0.05) is 11.5 Å². The molecular formula is C25H17F3N4O5S. The van der Waals surface area contributed by atoms with E-state index >= 15 is 0 Å². The van der Waals surface area contributed by atoms with Crippen LogP contribution >= 0.6 is 0 Å². The topological polar surface area (TPSA) is 116 Å². The minimum atomic E-state index is -4.50. The van der Waals surface area contributed by atoms with Gasteiger partial charge in [-0.2, -0.15) is 18.2 Å². The first-order valence-corrected chi connectivity index (χ1v) is 12.4. The van der Waals surface area contributed by atoms with Crippen LogP contribution in [0.5, 0.6) is 5.75 Å². The molecule has 0 radical (unpaired) electrons. The van der Waals surface area contributed by atoms with Crippen molar-refractivity contribution < 1.29 is 30.8 Å². The number of hydrogen-bond donors (Lipinski definition) is 1. The van der Waals surface area contributed by atoms with Crippen LogP contribution in [0.1, 0.15) is 5.56 Å². The summed E-state index contributed by atoms with van der Waals surface area (Å²) in [6.07, 6.45) is -3.52. The maximum Gasteiger partial charge on any atom is 0.416 e. The van der Waals surface area contributed by atoms with Crippen molar-refractivity contribution in [2.24, 2.45) is 0 Å². The highest BCUT2D eigenvalue weighted by atomic mass is 32.2. The molecule has 0 saturated carbocycles. The molecule has 0 fully saturated rings. The van der Waals surface area contributed by atoms with Gasteiger partial charge in [0.2, 0.25) is 6.39 Å². The molecule has 1 N–H and O–H groups in total. The highest BCUT2D eigenvalue weighted by Gasteiger charge is 2.30. The lowest BCUT2D eigenvalue weighted by Gasteiger charge is -2.16. The van der Waals surface area contributed by atoms with Gasteiger partial charge in [-0.25, -0.2) is 13.1 Å². The Morgan fingerprint density at radius 3 is 2.47 bits per heavy atom. The number of ether oxygens (including phenoxy) is 1. The third kappa shape index (κ3) is 4.70. The standard InChI is InChI=1S/C25H17F3N4O5S/c1-36-22-13-16(15-3-2-4-18(11-15)25(26,27)28)5-8-21(22)32-20-9-7-19(12-17(20)6-10-23(32)33)38(34,35)31-24-29-14-37-30-24/h2-14H,1H3,(H,30,31). The lowest BCUT2D eigenvalue weighted by atomic mass is 10.0. The van der Waals surface area contributed by atoms with E-state index in [1.165, 1.54) is 54.1 Å². The van der Waals surface area contributed by atoms with Gasteiger partial charge in [0.15, 0.2) is 0 Å². The lowest BCUT2D eigenvalue weighted by Crippen LogP contribution is -2.19. The van der Waals surface area contributed by atoms with Gasteiger partial charge in [-0.1, -0.05) is 18.2 Å². The number of sulfonamides is 1. The summed E-state index contributed by atoms with van der Waals surface area (Å²) in [5.74, 6) is -0.00866. The summed E-state index contributed by atoms with van der Waals surface area (Å²) in [6, 6.07) is 16.4. The number of aromatic nitrogens is 3. The van der Waals surface area contributed by atoms with Crippen LogP contribution in [0, 0.1) is 0 Å². The van der Waals surface area contributed by atoms with Crippen molar-refractivity contribution in [3.63, 3.8) is 0 Å². The zero-order chi connectivity index (χ0) is 27.1. The fourth-order valence-electron chi connectivity index (χ4n) is 3.95. The monoisotopic (exact) mass is 542 g/mol. The summed E-state index contributed by atoms with van der Waals surface area (Å²) < 4.78 is 78.6. The van der Waals surface area contributed by atoms with Gasteiger partial charge >= 0.3 is 6.18 Å². The van der Waals surface area contributed by atoms with Crippen LogP contribution in [0.3, 0.4) is 0 Å². The summed E-state index contributed by atoms with van der Waals surface area (Å²) in [5.41, 5.74) is 0.247. The van der Waals surface area contributed by atoms with E-state index < -0.39 is 27.3 Å². The molecule has 0 amide bonds. The summed E-state index contributed by atoms with van der Waals surface area (Å²) in [7, 11) is -2.68. The van der Waals surface area contributed by atoms with Crippen LogP contribution in [0.2, 0.25) is 0 Å². The minimum Gasteiger partial charge on any atom is -0.495 e. The maximum atomic E-state index is 13.2. The third-order valence-corrected chi connectivity index (χ3v) is 7.03. The largest absolute Gasteiger partial charge is 0.495 e. The number of fused-ring (bicyclic) bond motifs is 1. The minimum absolute atomic E-state index is 0.105. The maximum absolute atomic E-state index is 13.2. The number of hydrogen-bond acceptors (Lipinski definition) is 7. The van der Waals surface area contributed by atoms with Crippen molar-refractivity contribution in [3.8, 4) is 22.6 Å². The Morgan fingerprint density at radius 2 is 1.76 bits per heavy atom. The van der Waals surface area contributed by atoms with E-state index in [0.29, 0.717) is 27.7 Å². The van der Waals surface area contributed by atoms with Gasteiger partial charge in [-0.3, -0.25) is 9.36 Å². The number of methoxy groups -OCH3 is 1. The van der Waals surface area contributed by atoms with Gasteiger partial charge < -0.3 is 9.26 Å². The molecule has 38 heavy (non-hydrogen) atoms. The molecule has 3 aromatic carbocycles. The predicted octanol–water partition coefficient (Wildman–Crippen LogP) is 4.87. The van der Waals surface area contributed by atoms with Gasteiger partial charge in [-0.05, 0) is 64.8 Å². The highest BCUT2D eigenvalue weighted by Crippen LogP contribution is 2.35. The number of rotatable bonds is 6. The Hall–Kier alpha value is -4.65. The number of alkyl halides is 3. The second kappa shape index (κ2) is 9.34. The van der Waals surface area contributed by atoms with Crippen molar-refractivity contribution in [1.82, 2.24) is 14.7 Å². The van der Waals surface area contributed by atoms with Crippen LogP contribution in [0.4, 0.5) is 19.1 Å². The van der Waals surface area contributed by atoms with Gasteiger partial charge in [0.05, 0.1) is 28.8 Å².